The van der Waals surface area contributed by atoms with E-state index in [9.17, 15) is 18.0 Å². The van der Waals surface area contributed by atoms with Crippen LogP contribution in [0.15, 0.2) is 47.4 Å². The molecule has 1 fully saturated rings. The lowest BCUT2D eigenvalue weighted by atomic mass is 10.1. The molecular weight excluding hydrogens is 442 g/mol. The molecule has 1 saturated heterocycles. The van der Waals surface area contributed by atoms with E-state index in [1.807, 2.05) is 24.0 Å². The molecule has 0 radical (unpaired) electrons. The van der Waals surface area contributed by atoms with Gasteiger partial charge in [-0.3, -0.25) is 4.79 Å². The van der Waals surface area contributed by atoms with Crippen molar-refractivity contribution < 1.29 is 22.7 Å². The van der Waals surface area contributed by atoms with Gasteiger partial charge in [0.05, 0.1) is 16.1 Å². The lowest BCUT2D eigenvalue weighted by Crippen LogP contribution is -2.31. The standard InChI is InChI=1S/C24H31N3O5S/c1-5-18-8-10-19(11-9-18)25-23(28)17(2)32-24(29)21-16-20(33(30,31)26(3)4)12-13-22(21)27-14-6-7-15-27/h8-13,16-17H,5-7,14-15H2,1-4H3,(H,25,28)/t17-/m0/s1. The van der Waals surface area contributed by atoms with Crippen LogP contribution >= 0.6 is 0 Å². The van der Waals surface area contributed by atoms with Gasteiger partial charge in [-0.2, -0.15) is 0 Å². The van der Waals surface area contributed by atoms with E-state index < -0.39 is 28.0 Å². The largest absolute Gasteiger partial charge is 0.449 e. The van der Waals surface area contributed by atoms with Crippen molar-refractivity contribution >= 4 is 33.3 Å². The minimum Gasteiger partial charge on any atom is -0.449 e. The minimum absolute atomic E-state index is 0.00415. The van der Waals surface area contributed by atoms with Crippen LogP contribution in [0.25, 0.3) is 0 Å². The summed E-state index contributed by atoms with van der Waals surface area (Å²) in [5.41, 5.74) is 2.50. The maximum absolute atomic E-state index is 13.1. The summed E-state index contributed by atoms with van der Waals surface area (Å²) in [4.78, 5) is 27.7. The van der Waals surface area contributed by atoms with E-state index in [-0.39, 0.29) is 10.5 Å². The molecule has 2 aromatic rings. The van der Waals surface area contributed by atoms with Crippen molar-refractivity contribution in [1.82, 2.24) is 4.31 Å². The average Bonchev–Trinajstić information content (AvgIpc) is 3.33. The van der Waals surface area contributed by atoms with E-state index in [0.717, 1.165) is 42.2 Å². The Balaban J connectivity index is 1.82. The van der Waals surface area contributed by atoms with Crippen LogP contribution in [-0.2, 0) is 26.0 Å². The highest BCUT2D eigenvalue weighted by atomic mass is 32.2. The first-order valence-electron chi connectivity index (χ1n) is 11.1. The number of esters is 1. The van der Waals surface area contributed by atoms with Crippen molar-refractivity contribution in [3.8, 4) is 0 Å². The van der Waals surface area contributed by atoms with Crippen LogP contribution < -0.4 is 10.2 Å². The van der Waals surface area contributed by atoms with E-state index in [2.05, 4.69) is 5.32 Å². The Kier molecular flexibility index (Phi) is 7.76. The van der Waals surface area contributed by atoms with Crippen LogP contribution in [0.4, 0.5) is 11.4 Å². The zero-order chi connectivity index (χ0) is 24.2. The van der Waals surface area contributed by atoms with Gasteiger partial charge in [0.15, 0.2) is 6.10 Å². The molecule has 9 heteroatoms. The fraction of sp³-hybridized carbons (Fsp3) is 0.417. The number of sulfonamides is 1. The molecule has 1 N–H and O–H groups in total. The Hall–Kier alpha value is -2.91. The quantitative estimate of drug-likeness (QED) is 0.591. The molecule has 0 aromatic heterocycles. The molecule has 0 aliphatic carbocycles. The van der Waals surface area contributed by atoms with Crippen LogP contribution in [0.3, 0.4) is 0 Å². The fourth-order valence-corrected chi connectivity index (χ4v) is 4.56. The third-order valence-electron chi connectivity index (χ3n) is 5.70. The van der Waals surface area contributed by atoms with Gasteiger partial charge in [0, 0.05) is 32.9 Å². The smallest absolute Gasteiger partial charge is 0.341 e. The first-order chi connectivity index (χ1) is 15.6. The van der Waals surface area contributed by atoms with Crippen molar-refractivity contribution in [1.29, 1.82) is 0 Å². The van der Waals surface area contributed by atoms with Crippen molar-refractivity contribution in [3.63, 3.8) is 0 Å². The molecule has 178 valence electrons. The molecule has 0 bridgehead atoms. The molecule has 0 unspecified atom stereocenters. The molecule has 3 rings (SSSR count). The van der Waals surface area contributed by atoms with Crippen LogP contribution in [0, 0.1) is 0 Å². The van der Waals surface area contributed by atoms with Crippen molar-refractivity contribution in [2.24, 2.45) is 0 Å². The predicted molar refractivity (Wildman–Crippen MR) is 128 cm³/mol. The van der Waals surface area contributed by atoms with Crippen LogP contribution in [-0.4, -0.2) is 57.9 Å². The highest BCUT2D eigenvalue weighted by Crippen LogP contribution is 2.29. The maximum atomic E-state index is 13.1. The van der Waals surface area contributed by atoms with Crippen LogP contribution in [0.5, 0.6) is 0 Å². The number of hydrogen-bond donors (Lipinski definition) is 1. The fourth-order valence-electron chi connectivity index (χ4n) is 3.63. The lowest BCUT2D eigenvalue weighted by molar-refractivity contribution is -0.123. The number of rotatable bonds is 8. The third kappa shape index (κ3) is 5.72. The molecule has 8 nitrogen and oxygen atoms in total. The van der Waals surface area contributed by atoms with Gasteiger partial charge in [-0.05, 0) is 62.1 Å². The second-order valence-corrected chi connectivity index (χ2v) is 10.4. The molecular formula is C24H31N3O5S. The molecule has 2 aromatic carbocycles. The number of anilines is 2. The molecule has 1 heterocycles. The maximum Gasteiger partial charge on any atom is 0.341 e. The summed E-state index contributed by atoms with van der Waals surface area (Å²) in [6.45, 7) is 5.07. The summed E-state index contributed by atoms with van der Waals surface area (Å²) in [6, 6.07) is 11.9. The zero-order valence-electron chi connectivity index (χ0n) is 19.5. The van der Waals surface area contributed by atoms with Crippen molar-refractivity contribution in [2.75, 3.05) is 37.4 Å². The second-order valence-electron chi connectivity index (χ2n) is 8.25. The molecule has 0 spiro atoms. The number of nitrogens with zero attached hydrogens (tertiary/aromatic N) is 2. The molecule has 1 aliphatic rings. The van der Waals surface area contributed by atoms with E-state index in [0.29, 0.717) is 11.4 Å². The van der Waals surface area contributed by atoms with Gasteiger partial charge in [0.2, 0.25) is 10.0 Å². The van der Waals surface area contributed by atoms with Gasteiger partial charge in [-0.15, -0.1) is 0 Å². The summed E-state index contributed by atoms with van der Waals surface area (Å²) in [5.74, 6) is -1.20. The van der Waals surface area contributed by atoms with E-state index in [1.165, 1.54) is 33.2 Å². The Labute approximate surface area is 195 Å². The van der Waals surface area contributed by atoms with E-state index in [4.69, 9.17) is 4.74 Å². The lowest BCUT2D eigenvalue weighted by Gasteiger charge is -2.23. The van der Waals surface area contributed by atoms with Gasteiger partial charge in [0.1, 0.15) is 0 Å². The first kappa shape index (κ1) is 24.7. The summed E-state index contributed by atoms with van der Waals surface area (Å²) in [7, 11) is -0.873. The second kappa shape index (κ2) is 10.4. The number of ether oxygens (including phenoxy) is 1. The van der Waals surface area contributed by atoms with Gasteiger partial charge in [-0.25, -0.2) is 17.5 Å². The van der Waals surface area contributed by atoms with E-state index >= 15 is 0 Å². The zero-order valence-corrected chi connectivity index (χ0v) is 20.3. The van der Waals surface area contributed by atoms with E-state index in [1.54, 1.807) is 18.2 Å². The SMILES string of the molecule is CCc1ccc(NC(=O)[C@H](C)OC(=O)c2cc(S(=O)(=O)N(C)C)ccc2N2CCCC2)cc1. The van der Waals surface area contributed by atoms with Crippen LogP contribution in [0.1, 0.15) is 42.6 Å². The Bertz CT molecular complexity index is 1110. The highest BCUT2D eigenvalue weighted by molar-refractivity contribution is 7.89. The highest BCUT2D eigenvalue weighted by Gasteiger charge is 2.27. The average molecular weight is 474 g/mol. The summed E-state index contributed by atoms with van der Waals surface area (Å²) < 4.78 is 31.8. The number of nitrogens with one attached hydrogen (secondary N) is 1. The minimum atomic E-state index is -3.74. The molecule has 0 saturated carbocycles. The van der Waals surface area contributed by atoms with Gasteiger partial charge in [-0.1, -0.05) is 19.1 Å². The van der Waals surface area contributed by atoms with Gasteiger partial charge in [0.25, 0.3) is 5.91 Å². The normalized spacial score (nSPS) is 14.9. The van der Waals surface area contributed by atoms with Crippen LogP contribution in [0.2, 0.25) is 0 Å². The number of aryl methyl sites for hydroxylation is 1. The summed E-state index contributed by atoms with van der Waals surface area (Å²) in [6.07, 6.45) is 1.80. The van der Waals surface area contributed by atoms with Gasteiger partial charge < -0.3 is 15.0 Å². The van der Waals surface area contributed by atoms with Crippen molar-refractivity contribution in [2.45, 2.75) is 44.1 Å². The Morgan fingerprint density at radius 2 is 1.73 bits per heavy atom. The summed E-state index contributed by atoms with van der Waals surface area (Å²) in [5, 5.41) is 2.74. The number of carbonyl (C=O) groups excluding carboxylic acids is 2. The van der Waals surface area contributed by atoms with Gasteiger partial charge >= 0.3 is 5.97 Å². The Morgan fingerprint density at radius 1 is 1.09 bits per heavy atom. The van der Waals surface area contributed by atoms with Crippen molar-refractivity contribution in [3.05, 3.63) is 53.6 Å². The predicted octanol–water partition coefficient (Wildman–Crippen LogP) is 3.28. The molecule has 33 heavy (non-hydrogen) atoms. The topological polar surface area (TPSA) is 96.0 Å². The monoisotopic (exact) mass is 473 g/mol. The Morgan fingerprint density at radius 3 is 2.30 bits per heavy atom. The number of carbonyl (C=O) groups is 2. The number of amides is 1. The molecule has 1 amide bonds. The third-order valence-corrected chi connectivity index (χ3v) is 7.51. The number of benzene rings is 2. The number of hydrogen-bond acceptors (Lipinski definition) is 6. The first-order valence-corrected chi connectivity index (χ1v) is 12.5. The molecule has 1 atom stereocenters. The summed E-state index contributed by atoms with van der Waals surface area (Å²) >= 11 is 0. The molecule has 1 aliphatic heterocycles.